The number of hydrogen-bond acceptors (Lipinski definition) is 6. The highest BCUT2D eigenvalue weighted by Crippen LogP contribution is 2.38. The first-order chi connectivity index (χ1) is 15.4. The summed E-state index contributed by atoms with van der Waals surface area (Å²) in [5.41, 5.74) is 1.55. The molecular weight excluding hydrogens is 436 g/mol. The van der Waals surface area contributed by atoms with Crippen molar-refractivity contribution in [3.63, 3.8) is 0 Å². The van der Waals surface area contributed by atoms with Gasteiger partial charge in [0.25, 0.3) is 0 Å². The zero-order valence-electron chi connectivity index (χ0n) is 20.6. The molecule has 0 unspecified atom stereocenters. The Morgan fingerprint density at radius 2 is 1.70 bits per heavy atom. The van der Waals surface area contributed by atoms with E-state index in [0.717, 1.165) is 5.56 Å². The molecule has 6 nitrogen and oxygen atoms in total. The van der Waals surface area contributed by atoms with Gasteiger partial charge in [-0.1, -0.05) is 51.1 Å². The fourth-order valence-corrected chi connectivity index (χ4v) is 3.67. The lowest BCUT2D eigenvalue weighted by Gasteiger charge is -2.36. The van der Waals surface area contributed by atoms with E-state index < -0.39 is 20.3 Å². The molecule has 178 valence electrons. The standard InChI is InChI=1S/C26H34O6Si/c1-8-29-25(28)24(31-19(2)27)17-21-16-22(32-33(6,7)26(3,4)5)14-15-23(21)30-18-20-12-10-9-11-13-20/h9-17H,8,18H2,1-7H3. The van der Waals surface area contributed by atoms with Crippen LogP contribution in [0.4, 0.5) is 0 Å². The topological polar surface area (TPSA) is 71.1 Å². The van der Waals surface area contributed by atoms with Crippen LogP contribution in [0.25, 0.3) is 6.08 Å². The predicted octanol–water partition coefficient (Wildman–Crippen LogP) is 6.12. The third-order valence-electron chi connectivity index (χ3n) is 5.41. The first-order valence-electron chi connectivity index (χ1n) is 11.0. The number of carbonyl (C=O) groups is 2. The molecule has 0 spiro atoms. The molecule has 0 N–H and O–H groups in total. The van der Waals surface area contributed by atoms with Crippen molar-refractivity contribution in [2.75, 3.05) is 6.61 Å². The van der Waals surface area contributed by atoms with Crippen LogP contribution in [0, 0.1) is 0 Å². The molecule has 2 aromatic carbocycles. The highest BCUT2D eigenvalue weighted by Gasteiger charge is 2.39. The molecule has 0 aliphatic rings. The van der Waals surface area contributed by atoms with E-state index in [-0.39, 0.29) is 17.4 Å². The van der Waals surface area contributed by atoms with Crippen LogP contribution < -0.4 is 9.16 Å². The van der Waals surface area contributed by atoms with Crippen molar-refractivity contribution in [2.24, 2.45) is 0 Å². The fourth-order valence-electron chi connectivity index (χ4n) is 2.65. The van der Waals surface area contributed by atoms with E-state index >= 15 is 0 Å². The van der Waals surface area contributed by atoms with Crippen LogP contribution in [0.1, 0.15) is 45.7 Å². The minimum Gasteiger partial charge on any atom is -0.543 e. The second kappa shape index (κ2) is 11.2. The normalized spacial score (nSPS) is 12.2. The van der Waals surface area contributed by atoms with Gasteiger partial charge in [0.05, 0.1) is 6.61 Å². The van der Waals surface area contributed by atoms with Crippen molar-refractivity contribution < 1.29 is 28.2 Å². The molecule has 0 heterocycles. The summed E-state index contributed by atoms with van der Waals surface area (Å²) in [6.45, 7) is 14.2. The van der Waals surface area contributed by atoms with Crippen LogP contribution in [0.5, 0.6) is 11.5 Å². The summed E-state index contributed by atoms with van der Waals surface area (Å²) >= 11 is 0. The van der Waals surface area contributed by atoms with Crippen molar-refractivity contribution in [2.45, 2.75) is 59.4 Å². The molecule has 0 bridgehead atoms. The van der Waals surface area contributed by atoms with Gasteiger partial charge in [0.1, 0.15) is 18.1 Å². The Morgan fingerprint density at radius 1 is 1.03 bits per heavy atom. The second-order valence-corrected chi connectivity index (χ2v) is 13.9. The van der Waals surface area contributed by atoms with Gasteiger partial charge in [-0.15, -0.1) is 0 Å². The van der Waals surface area contributed by atoms with E-state index in [1.807, 2.05) is 36.4 Å². The molecule has 0 aromatic heterocycles. The Kier molecular flexibility index (Phi) is 8.88. The van der Waals surface area contributed by atoms with E-state index in [2.05, 4.69) is 33.9 Å². The lowest BCUT2D eigenvalue weighted by atomic mass is 10.1. The third kappa shape index (κ3) is 7.78. The van der Waals surface area contributed by atoms with Crippen molar-refractivity contribution in [3.05, 3.63) is 65.4 Å². The molecule has 33 heavy (non-hydrogen) atoms. The Morgan fingerprint density at radius 3 is 2.27 bits per heavy atom. The molecule has 0 saturated heterocycles. The lowest BCUT2D eigenvalue weighted by Crippen LogP contribution is -2.43. The molecule has 2 rings (SSSR count). The van der Waals surface area contributed by atoms with E-state index in [1.165, 1.54) is 13.0 Å². The SMILES string of the molecule is CCOC(=O)C(=Cc1cc(O[Si](C)(C)C(C)(C)C)ccc1OCc1ccccc1)OC(C)=O. The van der Waals surface area contributed by atoms with Gasteiger partial charge in [-0.05, 0) is 54.9 Å². The van der Waals surface area contributed by atoms with Crippen molar-refractivity contribution in [3.8, 4) is 11.5 Å². The Bertz CT molecular complexity index is 990. The summed E-state index contributed by atoms with van der Waals surface area (Å²) in [5.74, 6) is -0.369. The van der Waals surface area contributed by atoms with Gasteiger partial charge in [-0.2, -0.15) is 0 Å². The predicted molar refractivity (Wildman–Crippen MR) is 131 cm³/mol. The number of ether oxygens (including phenoxy) is 3. The molecule has 0 aliphatic carbocycles. The average Bonchev–Trinajstić information content (AvgIpc) is 2.72. The fraction of sp³-hybridized carbons (Fsp3) is 0.385. The molecule has 0 radical (unpaired) electrons. The first kappa shape index (κ1) is 26.2. The van der Waals surface area contributed by atoms with Crippen molar-refractivity contribution >= 4 is 26.3 Å². The van der Waals surface area contributed by atoms with Gasteiger partial charge in [-0.25, -0.2) is 4.79 Å². The largest absolute Gasteiger partial charge is 0.543 e. The maximum absolute atomic E-state index is 12.4. The third-order valence-corrected chi connectivity index (χ3v) is 9.77. The second-order valence-electron chi connectivity index (χ2n) is 9.16. The number of benzene rings is 2. The molecule has 2 aromatic rings. The zero-order valence-corrected chi connectivity index (χ0v) is 21.6. The molecule has 7 heteroatoms. The van der Waals surface area contributed by atoms with E-state index in [4.69, 9.17) is 18.6 Å². The van der Waals surface area contributed by atoms with Gasteiger partial charge >= 0.3 is 11.9 Å². The molecule has 0 aliphatic heterocycles. The van der Waals surface area contributed by atoms with Crippen molar-refractivity contribution in [1.82, 2.24) is 0 Å². The number of rotatable bonds is 9. The van der Waals surface area contributed by atoms with Gasteiger partial charge < -0.3 is 18.6 Å². The molecule has 0 atom stereocenters. The summed E-state index contributed by atoms with van der Waals surface area (Å²) in [6, 6.07) is 15.2. The van der Waals surface area contributed by atoms with Gasteiger partial charge in [0, 0.05) is 12.5 Å². The molecule has 0 fully saturated rings. The zero-order chi connectivity index (χ0) is 24.6. The summed E-state index contributed by atoms with van der Waals surface area (Å²) < 4.78 is 22.7. The summed E-state index contributed by atoms with van der Waals surface area (Å²) in [7, 11) is -2.10. The quantitative estimate of drug-likeness (QED) is 0.190. The smallest absolute Gasteiger partial charge is 0.374 e. The molecule has 0 amide bonds. The van der Waals surface area contributed by atoms with E-state index in [9.17, 15) is 9.59 Å². The van der Waals surface area contributed by atoms with Gasteiger partial charge in [-0.3, -0.25) is 4.79 Å². The summed E-state index contributed by atoms with van der Waals surface area (Å²) in [6.07, 6.45) is 1.46. The van der Waals surface area contributed by atoms with E-state index in [0.29, 0.717) is 23.7 Å². The lowest BCUT2D eigenvalue weighted by molar-refractivity contribution is -0.149. The van der Waals surface area contributed by atoms with Crippen LogP contribution >= 0.6 is 0 Å². The minimum absolute atomic E-state index is 0.0132. The van der Waals surface area contributed by atoms with Gasteiger partial charge in [0.2, 0.25) is 14.1 Å². The molecule has 0 saturated carbocycles. The Labute approximate surface area is 197 Å². The van der Waals surface area contributed by atoms with E-state index in [1.54, 1.807) is 19.1 Å². The summed E-state index contributed by atoms with van der Waals surface area (Å²) in [5, 5.41) is 0.0132. The first-order valence-corrected chi connectivity index (χ1v) is 13.9. The monoisotopic (exact) mass is 470 g/mol. The van der Waals surface area contributed by atoms with Crippen molar-refractivity contribution in [1.29, 1.82) is 0 Å². The number of esters is 2. The van der Waals surface area contributed by atoms with Gasteiger partial charge in [0.15, 0.2) is 0 Å². The van der Waals surface area contributed by atoms with Crippen LogP contribution in [-0.2, 0) is 25.7 Å². The van der Waals surface area contributed by atoms with Crippen LogP contribution in [0.15, 0.2) is 54.3 Å². The Balaban J connectivity index is 2.47. The number of hydrogen-bond donors (Lipinski definition) is 0. The number of carbonyl (C=O) groups excluding carboxylic acids is 2. The summed E-state index contributed by atoms with van der Waals surface area (Å²) in [4.78, 5) is 24.0. The highest BCUT2D eigenvalue weighted by atomic mass is 28.4. The van der Waals surface area contributed by atoms with Crippen LogP contribution in [0.3, 0.4) is 0 Å². The average molecular weight is 471 g/mol. The Hall–Kier alpha value is -3.06. The minimum atomic E-state index is -2.10. The molecular formula is C26H34O6Si. The van der Waals surface area contributed by atoms with Crippen LogP contribution in [0.2, 0.25) is 18.1 Å². The maximum atomic E-state index is 12.4. The maximum Gasteiger partial charge on any atom is 0.374 e. The highest BCUT2D eigenvalue weighted by molar-refractivity contribution is 6.74. The van der Waals surface area contributed by atoms with Crippen LogP contribution in [-0.4, -0.2) is 26.9 Å².